The minimum Gasteiger partial charge on any atom is -0.458 e. The summed E-state index contributed by atoms with van der Waals surface area (Å²) >= 11 is 0. The van der Waals surface area contributed by atoms with Crippen LogP contribution in [0.4, 0.5) is 16.4 Å². The third-order valence-corrected chi connectivity index (χ3v) is 9.85. The average Bonchev–Trinajstić information content (AvgIpc) is 3.58. The minimum absolute atomic E-state index is 0.161. The Hall–Kier alpha value is -5.26. The summed E-state index contributed by atoms with van der Waals surface area (Å²) in [5, 5.41) is 10.4. The van der Waals surface area contributed by atoms with Crippen molar-refractivity contribution >= 4 is 40.4 Å². The molecular weight excluding hydrogens is 656 g/mol. The summed E-state index contributed by atoms with van der Waals surface area (Å²) in [7, 11) is 0. The summed E-state index contributed by atoms with van der Waals surface area (Å²) < 4.78 is 13.7. The van der Waals surface area contributed by atoms with Gasteiger partial charge in [-0.1, -0.05) is 44.2 Å². The maximum absolute atomic E-state index is 12.8. The van der Waals surface area contributed by atoms with Crippen molar-refractivity contribution in [3.8, 4) is 17.3 Å². The smallest absolute Gasteiger partial charge is 0.410 e. The molecule has 1 amide bonds. The topological polar surface area (TPSA) is 127 Å². The lowest BCUT2D eigenvalue weighted by molar-refractivity contribution is -0.111. The van der Waals surface area contributed by atoms with Crippen LogP contribution in [-0.4, -0.2) is 79.7 Å². The molecule has 3 aromatic heterocycles. The molecule has 1 N–H and O–H groups in total. The van der Waals surface area contributed by atoms with Crippen LogP contribution in [0, 0.1) is 5.92 Å². The second-order valence-corrected chi connectivity index (χ2v) is 15.2. The summed E-state index contributed by atoms with van der Waals surface area (Å²) in [6.45, 7) is 13.1. The number of pyridine rings is 1. The van der Waals surface area contributed by atoms with E-state index in [9.17, 15) is 9.59 Å². The van der Waals surface area contributed by atoms with E-state index in [-0.39, 0.29) is 30.0 Å². The van der Waals surface area contributed by atoms with Crippen LogP contribution in [0.25, 0.3) is 27.7 Å². The number of anilines is 2. The van der Waals surface area contributed by atoms with E-state index in [4.69, 9.17) is 24.4 Å². The number of carbonyl (C=O) groups is 2. The molecule has 0 unspecified atom stereocenters. The molecule has 2 fully saturated rings. The summed E-state index contributed by atoms with van der Waals surface area (Å²) in [5.74, 6) is 0.858. The van der Waals surface area contributed by atoms with Gasteiger partial charge in [0.1, 0.15) is 18.0 Å². The molecule has 5 aromatic rings. The van der Waals surface area contributed by atoms with E-state index in [0.29, 0.717) is 31.2 Å². The molecule has 0 spiro atoms. The largest absolute Gasteiger partial charge is 0.458 e. The number of amides is 1. The predicted octanol–water partition coefficient (Wildman–Crippen LogP) is 7.27. The van der Waals surface area contributed by atoms with Crippen LogP contribution in [0.5, 0.6) is 6.01 Å². The summed E-state index contributed by atoms with van der Waals surface area (Å²) in [6, 6.07) is 17.1. The molecule has 0 bridgehead atoms. The number of piperidine rings is 2. The monoisotopic (exact) mass is 704 g/mol. The van der Waals surface area contributed by atoms with Gasteiger partial charge in [-0.15, -0.1) is 0 Å². The predicted molar refractivity (Wildman–Crippen MR) is 202 cm³/mol. The number of aldehydes is 1. The van der Waals surface area contributed by atoms with E-state index < -0.39 is 5.60 Å². The van der Waals surface area contributed by atoms with Crippen LogP contribution in [0.1, 0.15) is 77.3 Å². The highest BCUT2D eigenvalue weighted by Crippen LogP contribution is 2.33. The molecule has 272 valence electrons. The summed E-state index contributed by atoms with van der Waals surface area (Å²) in [6.07, 6.45) is 7.53. The second-order valence-electron chi connectivity index (χ2n) is 15.2. The number of hydrogen-bond donors (Lipinski definition) is 1. The number of hydrogen-bond acceptors (Lipinski definition) is 10. The number of carbonyl (C=O) groups excluding carboxylic acids is 2. The van der Waals surface area contributed by atoms with Crippen LogP contribution in [-0.2, 0) is 16.1 Å². The van der Waals surface area contributed by atoms with Gasteiger partial charge in [-0.05, 0) is 81.5 Å². The van der Waals surface area contributed by atoms with Gasteiger partial charge in [0.25, 0.3) is 0 Å². The van der Waals surface area contributed by atoms with Crippen LogP contribution in [0.2, 0.25) is 0 Å². The standard InChI is InChI=1S/C40H48N8O4/c1-26(2)34-23-43-48-36(34)44-38(51-31-10-8-18-47(24-31)39(50)52-40(3,4)5)45-37(48)42-22-29-9-6-7-11-32(29)35-33-13-12-30(21-28(33)14-17-41-35)46-19-15-27(25-49)16-20-46/h6-7,9,11-14,17,21,23,25-27,31H,8,10,15-16,18-20,22,24H2,1-5H3,(H,42,44,45)/t31-/m1/s1. The average molecular weight is 705 g/mol. The third kappa shape index (κ3) is 7.66. The van der Waals surface area contributed by atoms with E-state index in [1.54, 1.807) is 9.42 Å². The number of fused-ring (bicyclic) bond motifs is 2. The van der Waals surface area contributed by atoms with Crippen LogP contribution >= 0.6 is 0 Å². The van der Waals surface area contributed by atoms with Gasteiger partial charge in [-0.3, -0.25) is 4.98 Å². The van der Waals surface area contributed by atoms with Gasteiger partial charge >= 0.3 is 12.1 Å². The van der Waals surface area contributed by atoms with E-state index >= 15 is 0 Å². The molecule has 0 radical (unpaired) electrons. The number of likely N-dealkylation sites (tertiary alicyclic amines) is 1. The van der Waals surface area contributed by atoms with E-state index in [2.05, 4.69) is 65.6 Å². The van der Waals surface area contributed by atoms with Crippen molar-refractivity contribution in [2.24, 2.45) is 5.92 Å². The highest BCUT2D eigenvalue weighted by atomic mass is 16.6. The van der Waals surface area contributed by atoms with Crippen molar-refractivity contribution < 1.29 is 19.1 Å². The quantitative estimate of drug-likeness (QED) is 0.157. The van der Waals surface area contributed by atoms with Crippen molar-refractivity contribution in [2.75, 3.05) is 36.4 Å². The van der Waals surface area contributed by atoms with Gasteiger partial charge in [0, 0.05) is 60.5 Å². The fourth-order valence-corrected chi connectivity index (χ4v) is 7.08. The molecule has 12 nitrogen and oxygen atoms in total. The summed E-state index contributed by atoms with van der Waals surface area (Å²) in [4.78, 5) is 42.7. The molecule has 7 rings (SSSR count). The Morgan fingerprint density at radius 1 is 1.04 bits per heavy atom. The molecule has 2 aliphatic heterocycles. The molecule has 12 heteroatoms. The molecule has 2 saturated heterocycles. The van der Waals surface area contributed by atoms with E-state index in [0.717, 1.165) is 78.2 Å². The van der Waals surface area contributed by atoms with Gasteiger partial charge in [0.15, 0.2) is 5.65 Å². The number of benzene rings is 2. The lowest BCUT2D eigenvalue weighted by Crippen LogP contribution is -2.46. The lowest BCUT2D eigenvalue weighted by Gasteiger charge is -2.33. The highest BCUT2D eigenvalue weighted by molar-refractivity contribution is 5.97. The SMILES string of the molecule is CC(C)c1cnn2c(NCc3ccccc3-c3nccc4cc(N5CCC(C=O)CC5)ccc34)nc(O[C@@H]3CCCN(C(=O)OC(C)(C)C)C3)nc12. The van der Waals surface area contributed by atoms with Gasteiger partial charge in [-0.25, -0.2) is 4.79 Å². The number of rotatable bonds is 9. The first-order valence-corrected chi connectivity index (χ1v) is 18.4. The zero-order valence-corrected chi connectivity index (χ0v) is 30.7. The normalized spacial score (nSPS) is 17.2. The molecule has 5 heterocycles. The molecule has 2 aliphatic rings. The Morgan fingerprint density at radius 2 is 1.85 bits per heavy atom. The van der Waals surface area contributed by atoms with E-state index in [1.807, 2.05) is 45.3 Å². The Balaban J connectivity index is 1.14. The number of aromatic nitrogens is 5. The fraction of sp³-hybridized carbons (Fsp3) is 0.450. The van der Waals surface area contributed by atoms with Crippen molar-refractivity contribution in [3.63, 3.8) is 0 Å². The number of nitrogens with zero attached hydrogens (tertiary/aromatic N) is 7. The first kappa shape index (κ1) is 35.2. The molecular formula is C40H48N8O4. The zero-order valence-electron chi connectivity index (χ0n) is 30.7. The van der Waals surface area contributed by atoms with Gasteiger partial charge in [0.2, 0.25) is 5.95 Å². The van der Waals surface area contributed by atoms with Gasteiger partial charge in [-0.2, -0.15) is 19.6 Å². The molecule has 0 aliphatic carbocycles. The van der Waals surface area contributed by atoms with Gasteiger partial charge in [0.05, 0.1) is 18.4 Å². The van der Waals surface area contributed by atoms with Crippen molar-refractivity contribution in [1.29, 1.82) is 0 Å². The first-order valence-electron chi connectivity index (χ1n) is 18.4. The Kier molecular flexibility index (Phi) is 9.98. The first-order chi connectivity index (χ1) is 25.1. The molecule has 2 aromatic carbocycles. The molecule has 52 heavy (non-hydrogen) atoms. The van der Waals surface area contributed by atoms with Crippen LogP contribution < -0.4 is 15.0 Å². The third-order valence-electron chi connectivity index (χ3n) is 9.85. The van der Waals surface area contributed by atoms with Crippen molar-refractivity contribution in [3.05, 3.63) is 72.1 Å². The zero-order chi connectivity index (χ0) is 36.4. The maximum atomic E-state index is 12.8. The fourth-order valence-electron chi connectivity index (χ4n) is 7.08. The van der Waals surface area contributed by atoms with Crippen LogP contribution in [0.3, 0.4) is 0 Å². The highest BCUT2D eigenvalue weighted by Gasteiger charge is 2.30. The summed E-state index contributed by atoms with van der Waals surface area (Å²) in [5.41, 5.74) is 5.24. The minimum atomic E-state index is -0.572. The second kappa shape index (κ2) is 14.8. The van der Waals surface area contributed by atoms with Crippen LogP contribution in [0.15, 0.2) is 60.9 Å². The Bertz CT molecular complexity index is 2060. The maximum Gasteiger partial charge on any atom is 0.410 e. The van der Waals surface area contributed by atoms with Crippen molar-refractivity contribution in [1.82, 2.24) is 29.5 Å². The number of nitrogens with one attached hydrogen (secondary N) is 1. The van der Waals surface area contributed by atoms with Crippen molar-refractivity contribution in [2.45, 2.75) is 84.5 Å². The Morgan fingerprint density at radius 3 is 2.62 bits per heavy atom. The molecule has 1 atom stereocenters. The Labute approximate surface area is 304 Å². The van der Waals surface area contributed by atoms with Gasteiger partial charge < -0.3 is 29.4 Å². The number of ether oxygens (including phenoxy) is 2. The lowest BCUT2D eigenvalue weighted by atomic mass is 9.97. The molecule has 0 saturated carbocycles. The van der Waals surface area contributed by atoms with E-state index in [1.165, 1.54) is 5.69 Å².